The number of aromatic nitrogens is 2. The van der Waals surface area contributed by atoms with Gasteiger partial charge in [0, 0.05) is 20.6 Å². The SMILES string of the molecule is CCn1c(C(C)=O)cnc1COC. The molecule has 4 nitrogen and oxygen atoms in total. The maximum absolute atomic E-state index is 11.1. The van der Waals surface area contributed by atoms with Gasteiger partial charge in [-0.05, 0) is 6.92 Å². The number of rotatable bonds is 4. The van der Waals surface area contributed by atoms with Crippen LogP contribution in [-0.4, -0.2) is 22.4 Å². The Kier molecular flexibility index (Phi) is 3.19. The highest BCUT2D eigenvalue weighted by molar-refractivity contribution is 5.92. The van der Waals surface area contributed by atoms with E-state index in [0.29, 0.717) is 12.3 Å². The molecule has 1 heterocycles. The minimum atomic E-state index is 0.0386. The van der Waals surface area contributed by atoms with Crippen LogP contribution in [0, 0.1) is 0 Å². The Morgan fingerprint density at radius 2 is 2.38 bits per heavy atom. The van der Waals surface area contributed by atoms with Gasteiger partial charge in [0.05, 0.1) is 6.20 Å². The van der Waals surface area contributed by atoms with Gasteiger partial charge >= 0.3 is 0 Å². The third-order valence-electron chi connectivity index (χ3n) is 1.89. The van der Waals surface area contributed by atoms with E-state index in [0.717, 1.165) is 12.4 Å². The molecule has 0 atom stereocenters. The summed E-state index contributed by atoms with van der Waals surface area (Å²) in [6.07, 6.45) is 1.60. The van der Waals surface area contributed by atoms with Crippen LogP contribution in [0.3, 0.4) is 0 Å². The number of methoxy groups -OCH3 is 1. The van der Waals surface area contributed by atoms with Crippen molar-refractivity contribution in [2.75, 3.05) is 7.11 Å². The first-order valence-corrected chi connectivity index (χ1v) is 4.25. The zero-order chi connectivity index (χ0) is 9.84. The molecular formula is C9H14N2O2. The Labute approximate surface area is 77.5 Å². The lowest BCUT2D eigenvalue weighted by Gasteiger charge is -2.05. The molecule has 1 rings (SSSR count). The van der Waals surface area contributed by atoms with Gasteiger partial charge in [-0.3, -0.25) is 4.79 Å². The Bertz CT molecular complexity index is 305. The number of ketones is 1. The van der Waals surface area contributed by atoms with E-state index in [1.54, 1.807) is 20.2 Å². The lowest BCUT2D eigenvalue weighted by atomic mass is 10.3. The Hall–Kier alpha value is -1.16. The van der Waals surface area contributed by atoms with Gasteiger partial charge in [-0.2, -0.15) is 0 Å². The number of Topliss-reactive ketones (excluding diaryl/α,β-unsaturated/α-hetero) is 1. The monoisotopic (exact) mass is 182 g/mol. The van der Waals surface area contributed by atoms with Crippen molar-refractivity contribution in [3.63, 3.8) is 0 Å². The second-order valence-electron chi connectivity index (χ2n) is 2.79. The molecular weight excluding hydrogens is 168 g/mol. The Morgan fingerprint density at radius 3 is 2.85 bits per heavy atom. The van der Waals surface area contributed by atoms with Crippen LogP contribution in [-0.2, 0) is 17.9 Å². The molecule has 4 heteroatoms. The quantitative estimate of drug-likeness (QED) is 0.658. The van der Waals surface area contributed by atoms with Crippen molar-refractivity contribution in [2.24, 2.45) is 0 Å². The first-order valence-electron chi connectivity index (χ1n) is 4.25. The number of hydrogen-bond donors (Lipinski definition) is 0. The number of ether oxygens (including phenoxy) is 1. The van der Waals surface area contributed by atoms with E-state index in [4.69, 9.17) is 4.74 Å². The lowest BCUT2D eigenvalue weighted by Crippen LogP contribution is -2.09. The van der Waals surface area contributed by atoms with Gasteiger partial charge in [-0.1, -0.05) is 0 Å². The van der Waals surface area contributed by atoms with Crippen LogP contribution in [0.15, 0.2) is 6.20 Å². The molecule has 0 aliphatic carbocycles. The van der Waals surface area contributed by atoms with Crippen molar-refractivity contribution < 1.29 is 9.53 Å². The molecule has 0 bridgehead atoms. The summed E-state index contributed by atoms with van der Waals surface area (Å²) in [6.45, 7) is 4.71. The summed E-state index contributed by atoms with van der Waals surface area (Å²) in [5, 5.41) is 0. The third-order valence-corrected chi connectivity index (χ3v) is 1.89. The van der Waals surface area contributed by atoms with Crippen molar-refractivity contribution in [3.8, 4) is 0 Å². The molecule has 1 aromatic heterocycles. The maximum atomic E-state index is 11.1. The van der Waals surface area contributed by atoms with Crippen LogP contribution >= 0.6 is 0 Å². The van der Waals surface area contributed by atoms with E-state index in [1.807, 2.05) is 11.5 Å². The molecule has 0 spiro atoms. The molecule has 0 saturated heterocycles. The van der Waals surface area contributed by atoms with E-state index in [1.165, 1.54) is 0 Å². The van der Waals surface area contributed by atoms with Crippen LogP contribution < -0.4 is 0 Å². The fraction of sp³-hybridized carbons (Fsp3) is 0.556. The largest absolute Gasteiger partial charge is 0.377 e. The van der Waals surface area contributed by atoms with Gasteiger partial charge in [0.1, 0.15) is 18.1 Å². The summed E-state index contributed by atoms with van der Waals surface area (Å²) >= 11 is 0. The highest BCUT2D eigenvalue weighted by Crippen LogP contribution is 2.07. The van der Waals surface area contributed by atoms with Gasteiger partial charge in [0.2, 0.25) is 0 Å². The molecule has 72 valence electrons. The summed E-state index contributed by atoms with van der Waals surface area (Å²) in [5.41, 5.74) is 0.648. The minimum absolute atomic E-state index is 0.0386. The maximum Gasteiger partial charge on any atom is 0.177 e. The van der Waals surface area contributed by atoms with Gasteiger partial charge < -0.3 is 9.30 Å². The van der Waals surface area contributed by atoms with E-state index in [2.05, 4.69) is 4.98 Å². The third kappa shape index (κ3) is 1.95. The molecule has 0 aliphatic rings. The fourth-order valence-corrected chi connectivity index (χ4v) is 1.29. The highest BCUT2D eigenvalue weighted by atomic mass is 16.5. The summed E-state index contributed by atoms with van der Waals surface area (Å²) in [7, 11) is 1.61. The number of imidazole rings is 1. The number of hydrogen-bond acceptors (Lipinski definition) is 3. The van der Waals surface area contributed by atoms with Gasteiger partial charge in [0.15, 0.2) is 5.78 Å². The summed E-state index contributed by atoms with van der Waals surface area (Å²) in [4.78, 5) is 15.3. The predicted octanol–water partition coefficient (Wildman–Crippen LogP) is 1.25. The Morgan fingerprint density at radius 1 is 1.69 bits per heavy atom. The standard InChI is InChI=1S/C9H14N2O2/c1-4-11-8(7(2)12)5-10-9(11)6-13-3/h5H,4,6H2,1-3H3. The summed E-state index contributed by atoms with van der Waals surface area (Å²) in [6, 6.07) is 0. The summed E-state index contributed by atoms with van der Waals surface area (Å²) < 4.78 is 6.84. The van der Waals surface area contributed by atoms with Gasteiger partial charge in [-0.25, -0.2) is 4.98 Å². The number of nitrogens with zero attached hydrogens (tertiary/aromatic N) is 2. The zero-order valence-corrected chi connectivity index (χ0v) is 8.20. The van der Waals surface area contributed by atoms with Crippen LogP contribution in [0.5, 0.6) is 0 Å². The second-order valence-corrected chi connectivity index (χ2v) is 2.79. The molecule has 0 fully saturated rings. The van der Waals surface area contributed by atoms with E-state index < -0.39 is 0 Å². The number of carbonyl (C=O) groups is 1. The molecule has 0 saturated carbocycles. The van der Waals surface area contributed by atoms with Crippen molar-refractivity contribution in [3.05, 3.63) is 17.7 Å². The first-order chi connectivity index (χ1) is 6.20. The summed E-state index contributed by atoms with van der Waals surface area (Å²) in [5.74, 6) is 0.840. The van der Waals surface area contributed by atoms with E-state index >= 15 is 0 Å². The average Bonchev–Trinajstić information content (AvgIpc) is 2.48. The molecule has 13 heavy (non-hydrogen) atoms. The van der Waals surface area contributed by atoms with Crippen molar-refractivity contribution in [1.29, 1.82) is 0 Å². The van der Waals surface area contributed by atoms with Crippen LogP contribution in [0.25, 0.3) is 0 Å². The van der Waals surface area contributed by atoms with Crippen LogP contribution in [0.4, 0.5) is 0 Å². The highest BCUT2D eigenvalue weighted by Gasteiger charge is 2.10. The number of carbonyl (C=O) groups excluding carboxylic acids is 1. The second kappa shape index (κ2) is 4.18. The molecule has 0 amide bonds. The Balaban J connectivity index is 3.03. The molecule has 0 aromatic carbocycles. The molecule has 0 aliphatic heterocycles. The normalized spacial score (nSPS) is 10.4. The lowest BCUT2D eigenvalue weighted by molar-refractivity contribution is 0.100. The minimum Gasteiger partial charge on any atom is -0.377 e. The zero-order valence-electron chi connectivity index (χ0n) is 8.20. The van der Waals surface area contributed by atoms with Crippen molar-refractivity contribution in [1.82, 2.24) is 9.55 Å². The molecule has 0 unspecified atom stereocenters. The first kappa shape index (κ1) is 9.92. The van der Waals surface area contributed by atoms with Crippen LogP contribution in [0.2, 0.25) is 0 Å². The molecule has 1 aromatic rings. The van der Waals surface area contributed by atoms with Crippen LogP contribution in [0.1, 0.15) is 30.2 Å². The van der Waals surface area contributed by atoms with Gasteiger partial charge in [0.25, 0.3) is 0 Å². The molecule has 0 N–H and O–H groups in total. The topological polar surface area (TPSA) is 44.1 Å². The van der Waals surface area contributed by atoms with E-state index in [9.17, 15) is 4.79 Å². The van der Waals surface area contributed by atoms with Crippen molar-refractivity contribution >= 4 is 5.78 Å². The molecule has 0 radical (unpaired) electrons. The van der Waals surface area contributed by atoms with E-state index in [-0.39, 0.29) is 5.78 Å². The van der Waals surface area contributed by atoms with Gasteiger partial charge in [-0.15, -0.1) is 0 Å². The van der Waals surface area contributed by atoms with Crippen molar-refractivity contribution in [2.45, 2.75) is 27.0 Å². The smallest absolute Gasteiger partial charge is 0.177 e. The average molecular weight is 182 g/mol. The fourth-order valence-electron chi connectivity index (χ4n) is 1.29. The predicted molar refractivity (Wildman–Crippen MR) is 48.6 cm³/mol.